The van der Waals surface area contributed by atoms with E-state index in [1.807, 2.05) is 41.5 Å². The van der Waals surface area contributed by atoms with Crippen LogP contribution in [0.3, 0.4) is 0 Å². The second-order valence-corrected chi connectivity index (χ2v) is 11.4. The van der Waals surface area contributed by atoms with Gasteiger partial charge in [0.15, 0.2) is 17.0 Å². The van der Waals surface area contributed by atoms with Crippen LogP contribution in [0.25, 0.3) is 16.9 Å². The van der Waals surface area contributed by atoms with Crippen LogP contribution in [0.2, 0.25) is 0 Å². The number of rotatable bonds is 8. The van der Waals surface area contributed by atoms with Gasteiger partial charge in [-0.25, -0.2) is 14.5 Å². The van der Waals surface area contributed by atoms with Crippen LogP contribution in [0, 0.1) is 11.3 Å². The maximum atomic E-state index is 11.4. The molecule has 4 heterocycles. The fourth-order valence-electron chi connectivity index (χ4n) is 5.63. The quantitative estimate of drug-likeness (QED) is 0.339. The predicted molar refractivity (Wildman–Crippen MR) is 151 cm³/mol. The fraction of sp³-hybridized carbons (Fsp3) is 0.464. The summed E-state index contributed by atoms with van der Waals surface area (Å²) in [4.78, 5) is 28.4. The van der Waals surface area contributed by atoms with Crippen LogP contribution in [-0.2, 0) is 11.3 Å². The number of imidazole rings is 1. The first kappa shape index (κ1) is 26.5. The molecule has 11 nitrogen and oxygen atoms in total. The molecule has 39 heavy (non-hydrogen) atoms. The first-order valence-electron chi connectivity index (χ1n) is 13.4. The zero-order valence-electron chi connectivity index (χ0n) is 23.2. The average Bonchev–Trinajstić information content (AvgIpc) is 3.65. The molecule has 5 rings (SSSR count). The number of hydrogen-bond donors (Lipinski definition) is 2. The number of ether oxygens (including phenoxy) is 1. The third-order valence-corrected chi connectivity index (χ3v) is 7.26. The first-order valence-corrected chi connectivity index (χ1v) is 13.4. The van der Waals surface area contributed by atoms with Crippen LogP contribution < -0.4 is 16.0 Å². The monoisotopic (exact) mass is 531 g/mol. The van der Waals surface area contributed by atoms with Crippen LogP contribution in [0.1, 0.15) is 52.6 Å². The number of nitrogens with one attached hydrogen (secondary N) is 1. The summed E-state index contributed by atoms with van der Waals surface area (Å²) in [6.45, 7) is 12.4. The van der Waals surface area contributed by atoms with Crippen molar-refractivity contribution in [1.82, 2.24) is 29.3 Å². The molecule has 1 aliphatic rings. The minimum Gasteiger partial charge on any atom is -0.449 e. The molecule has 4 aromatic rings. The van der Waals surface area contributed by atoms with Gasteiger partial charge in [-0.3, -0.25) is 0 Å². The number of para-hydroxylation sites is 1. The smallest absolute Gasteiger partial charge is 0.404 e. The molecular formula is C28H37N9O2. The maximum absolute atomic E-state index is 11.4. The zero-order valence-corrected chi connectivity index (χ0v) is 23.2. The lowest BCUT2D eigenvalue weighted by molar-refractivity contribution is 0.118. The van der Waals surface area contributed by atoms with Crippen LogP contribution >= 0.6 is 0 Å². The van der Waals surface area contributed by atoms with Crippen molar-refractivity contribution in [2.45, 2.75) is 59.7 Å². The molecule has 1 saturated heterocycles. The first-order chi connectivity index (χ1) is 18.6. The Morgan fingerprint density at radius 1 is 1.21 bits per heavy atom. The van der Waals surface area contributed by atoms with E-state index < -0.39 is 6.09 Å². The van der Waals surface area contributed by atoms with Crippen LogP contribution in [0.15, 0.2) is 49.1 Å². The molecule has 0 bridgehead atoms. The van der Waals surface area contributed by atoms with Gasteiger partial charge in [0, 0.05) is 43.5 Å². The molecule has 1 aromatic carbocycles. The molecule has 0 radical (unpaired) electrons. The lowest BCUT2D eigenvalue weighted by Crippen LogP contribution is -2.45. The van der Waals surface area contributed by atoms with Crippen LogP contribution in [-0.4, -0.2) is 54.6 Å². The van der Waals surface area contributed by atoms with E-state index in [4.69, 9.17) is 25.4 Å². The summed E-state index contributed by atoms with van der Waals surface area (Å²) in [5, 5.41) is 7.95. The number of carbonyl (C=O) groups excluding carboxylic acids is 1. The Hall–Kier alpha value is -4.15. The Balaban J connectivity index is 1.52. The van der Waals surface area contributed by atoms with Crippen LogP contribution in [0.4, 0.5) is 16.6 Å². The highest BCUT2D eigenvalue weighted by molar-refractivity contribution is 5.84. The highest BCUT2D eigenvalue weighted by atomic mass is 16.5. The fourth-order valence-corrected chi connectivity index (χ4v) is 5.63. The number of benzene rings is 1. The Labute approximate surface area is 228 Å². The van der Waals surface area contributed by atoms with Crippen LogP contribution in [0.5, 0.6) is 0 Å². The third kappa shape index (κ3) is 5.39. The van der Waals surface area contributed by atoms with E-state index in [-0.39, 0.29) is 30.0 Å². The topological polar surface area (TPSA) is 129 Å². The Kier molecular flexibility index (Phi) is 7.16. The van der Waals surface area contributed by atoms with Gasteiger partial charge < -0.3 is 25.3 Å². The number of fused-ring (bicyclic) bond motifs is 1. The van der Waals surface area contributed by atoms with Crippen molar-refractivity contribution in [3.05, 3.63) is 54.6 Å². The van der Waals surface area contributed by atoms with Gasteiger partial charge in [-0.1, -0.05) is 39.0 Å². The largest absolute Gasteiger partial charge is 0.449 e. The van der Waals surface area contributed by atoms with Gasteiger partial charge >= 0.3 is 6.09 Å². The van der Waals surface area contributed by atoms with Gasteiger partial charge in [0.2, 0.25) is 5.95 Å². The minimum absolute atomic E-state index is 0.0538. The lowest BCUT2D eigenvalue weighted by atomic mass is 9.80. The number of aromatic nitrogens is 6. The molecule has 1 aliphatic heterocycles. The summed E-state index contributed by atoms with van der Waals surface area (Å²) >= 11 is 0. The highest BCUT2D eigenvalue weighted by Gasteiger charge is 2.43. The van der Waals surface area contributed by atoms with E-state index in [2.05, 4.69) is 60.6 Å². The molecule has 1 amide bonds. The number of amides is 1. The van der Waals surface area contributed by atoms with Gasteiger partial charge in [-0.2, -0.15) is 15.1 Å². The van der Waals surface area contributed by atoms with Crippen molar-refractivity contribution in [3.8, 4) is 5.69 Å². The van der Waals surface area contributed by atoms with E-state index in [0.29, 0.717) is 18.3 Å². The van der Waals surface area contributed by atoms with E-state index in [1.165, 1.54) is 0 Å². The zero-order chi connectivity index (χ0) is 27.7. The standard InChI is InChI=1S/C28H37N9O2/c1-18(2)36-17-31-22-24(30-15-19-9-6-7-10-21(19)37-13-8-12-32-37)33-27(34-25(22)36)35-14-11-20(16-39-26(29)38)23(35)28(3,4)5/h6-10,12-13,17-18,20,23H,11,14-16H2,1-5H3,(H2,29,38)(H,30,33,34). The third-order valence-electron chi connectivity index (χ3n) is 7.26. The summed E-state index contributed by atoms with van der Waals surface area (Å²) < 4.78 is 9.16. The van der Waals surface area contributed by atoms with Crippen molar-refractivity contribution in [1.29, 1.82) is 0 Å². The molecule has 3 aromatic heterocycles. The predicted octanol–water partition coefficient (Wildman–Crippen LogP) is 4.54. The number of primary amides is 1. The molecule has 0 spiro atoms. The number of hydrogen-bond acceptors (Lipinski definition) is 8. The van der Waals surface area contributed by atoms with E-state index >= 15 is 0 Å². The summed E-state index contributed by atoms with van der Waals surface area (Å²) in [6.07, 6.45) is 5.63. The van der Waals surface area contributed by atoms with Gasteiger partial charge in [0.1, 0.15) is 0 Å². The number of carbonyl (C=O) groups is 1. The van der Waals surface area contributed by atoms with Crippen molar-refractivity contribution >= 4 is 29.0 Å². The maximum Gasteiger partial charge on any atom is 0.404 e. The van der Waals surface area contributed by atoms with E-state index in [1.54, 1.807) is 6.20 Å². The number of anilines is 2. The molecule has 2 atom stereocenters. The van der Waals surface area contributed by atoms with E-state index in [9.17, 15) is 4.79 Å². The molecule has 206 valence electrons. The van der Waals surface area contributed by atoms with Crippen molar-refractivity contribution in [2.75, 3.05) is 23.4 Å². The summed E-state index contributed by atoms with van der Waals surface area (Å²) in [5.74, 6) is 1.42. The second kappa shape index (κ2) is 10.5. The highest BCUT2D eigenvalue weighted by Crippen LogP contribution is 2.40. The van der Waals surface area contributed by atoms with Crippen molar-refractivity contribution in [3.63, 3.8) is 0 Å². The van der Waals surface area contributed by atoms with Gasteiger partial charge in [0.05, 0.1) is 18.6 Å². The van der Waals surface area contributed by atoms with E-state index in [0.717, 1.165) is 35.4 Å². The molecule has 11 heteroatoms. The summed E-state index contributed by atoms with van der Waals surface area (Å²) in [5.41, 5.74) is 8.75. The molecule has 2 unspecified atom stereocenters. The molecule has 3 N–H and O–H groups in total. The normalized spacial score (nSPS) is 17.7. The Bertz CT molecular complexity index is 1440. The molecule has 1 fully saturated rings. The Morgan fingerprint density at radius 3 is 2.69 bits per heavy atom. The minimum atomic E-state index is -0.749. The molecule has 0 saturated carbocycles. The van der Waals surface area contributed by atoms with Gasteiger partial charge in [0.25, 0.3) is 0 Å². The number of nitrogens with two attached hydrogens (primary N) is 1. The average molecular weight is 532 g/mol. The van der Waals surface area contributed by atoms with Crippen molar-refractivity contribution < 1.29 is 9.53 Å². The summed E-state index contributed by atoms with van der Waals surface area (Å²) in [6, 6.07) is 10.3. The SMILES string of the molecule is CC(C)n1cnc2c(NCc3ccccc3-n3cccn3)nc(N3CCC(COC(N)=O)C3C(C)(C)C)nc21. The van der Waals surface area contributed by atoms with Crippen molar-refractivity contribution in [2.24, 2.45) is 17.1 Å². The summed E-state index contributed by atoms with van der Waals surface area (Å²) in [7, 11) is 0. The second-order valence-electron chi connectivity index (χ2n) is 11.4. The number of nitrogens with zero attached hydrogens (tertiary/aromatic N) is 7. The van der Waals surface area contributed by atoms with Gasteiger partial charge in [-0.05, 0) is 43.4 Å². The van der Waals surface area contributed by atoms with Gasteiger partial charge in [-0.15, -0.1) is 0 Å². The lowest BCUT2D eigenvalue weighted by Gasteiger charge is -2.38. The Morgan fingerprint density at radius 2 is 2.00 bits per heavy atom. The molecular weight excluding hydrogens is 494 g/mol. The molecule has 0 aliphatic carbocycles.